The van der Waals surface area contributed by atoms with Crippen molar-refractivity contribution in [3.05, 3.63) is 36.3 Å². The molecular formula is C15H17N3O2. The second-order valence-corrected chi connectivity index (χ2v) is 5.59. The van der Waals surface area contributed by atoms with Gasteiger partial charge < -0.3 is 14.8 Å². The van der Waals surface area contributed by atoms with E-state index in [2.05, 4.69) is 9.97 Å². The molecule has 0 saturated carbocycles. The van der Waals surface area contributed by atoms with E-state index in [9.17, 15) is 10.2 Å². The van der Waals surface area contributed by atoms with Crippen molar-refractivity contribution in [3.63, 3.8) is 0 Å². The summed E-state index contributed by atoms with van der Waals surface area (Å²) in [5.41, 5.74) is 1.63. The van der Waals surface area contributed by atoms with Crippen LogP contribution in [0.5, 0.6) is 0 Å². The van der Waals surface area contributed by atoms with Crippen molar-refractivity contribution in [1.82, 2.24) is 14.5 Å². The molecule has 104 valence electrons. The number of nitrogens with zero attached hydrogens (tertiary/aromatic N) is 3. The predicted molar refractivity (Wildman–Crippen MR) is 77.3 cm³/mol. The van der Waals surface area contributed by atoms with E-state index in [-0.39, 0.29) is 6.61 Å². The van der Waals surface area contributed by atoms with Crippen LogP contribution in [0.4, 0.5) is 0 Å². The number of aliphatic hydroxyl groups is 2. The highest BCUT2D eigenvalue weighted by molar-refractivity contribution is 6.02. The minimum atomic E-state index is -0.887. The van der Waals surface area contributed by atoms with E-state index in [1.165, 1.54) is 0 Å². The molecule has 0 bridgehead atoms. The fourth-order valence-electron chi connectivity index (χ4n) is 2.49. The number of imidazole rings is 1. The summed E-state index contributed by atoms with van der Waals surface area (Å²) in [6.07, 6.45) is 1.71. The number of pyridine rings is 1. The summed E-state index contributed by atoms with van der Waals surface area (Å²) in [5.74, 6) is 0.542. The van der Waals surface area contributed by atoms with Crippen LogP contribution in [-0.2, 0) is 13.2 Å². The summed E-state index contributed by atoms with van der Waals surface area (Å²) in [4.78, 5) is 8.78. The Balaban J connectivity index is 2.37. The second-order valence-electron chi connectivity index (χ2n) is 5.59. The molecule has 2 N–H and O–H groups in total. The van der Waals surface area contributed by atoms with Gasteiger partial charge in [-0.05, 0) is 19.9 Å². The smallest absolute Gasteiger partial charge is 0.135 e. The van der Waals surface area contributed by atoms with Crippen molar-refractivity contribution in [3.8, 4) is 0 Å². The van der Waals surface area contributed by atoms with Crippen molar-refractivity contribution in [2.75, 3.05) is 0 Å². The lowest BCUT2D eigenvalue weighted by Gasteiger charge is -2.20. The Bertz CT molecular complexity index is 772. The maximum Gasteiger partial charge on any atom is 0.135 e. The zero-order valence-electron chi connectivity index (χ0n) is 11.5. The van der Waals surface area contributed by atoms with Gasteiger partial charge in [-0.25, -0.2) is 4.98 Å². The zero-order chi connectivity index (χ0) is 14.3. The average Bonchev–Trinajstić information content (AvgIpc) is 2.75. The first-order valence-corrected chi connectivity index (χ1v) is 6.56. The molecule has 0 spiro atoms. The van der Waals surface area contributed by atoms with Crippen LogP contribution in [0.1, 0.15) is 19.7 Å². The predicted octanol–water partition coefficient (Wildman–Crippen LogP) is 1.85. The quantitative estimate of drug-likeness (QED) is 0.762. The number of hydrogen-bond acceptors (Lipinski definition) is 4. The van der Waals surface area contributed by atoms with Gasteiger partial charge in [0.25, 0.3) is 0 Å². The Hall–Kier alpha value is -1.98. The number of hydrogen-bond donors (Lipinski definition) is 2. The van der Waals surface area contributed by atoms with E-state index in [4.69, 9.17) is 0 Å². The Kier molecular flexibility index (Phi) is 2.96. The number of benzene rings is 1. The summed E-state index contributed by atoms with van der Waals surface area (Å²) in [6.45, 7) is 3.68. The summed E-state index contributed by atoms with van der Waals surface area (Å²) < 4.78 is 1.87. The molecule has 0 amide bonds. The van der Waals surface area contributed by atoms with E-state index >= 15 is 0 Å². The summed E-state index contributed by atoms with van der Waals surface area (Å²) >= 11 is 0. The van der Waals surface area contributed by atoms with E-state index in [1.54, 1.807) is 20.0 Å². The van der Waals surface area contributed by atoms with Gasteiger partial charge in [-0.3, -0.25) is 4.98 Å². The molecule has 3 aromatic rings. The SMILES string of the molecule is CC(C)(O)Cn1c(CO)nc2cnc3ccccc3c21. The number of fused-ring (bicyclic) bond motifs is 3. The van der Waals surface area contributed by atoms with E-state index < -0.39 is 5.60 Å². The maximum atomic E-state index is 10.1. The highest BCUT2D eigenvalue weighted by atomic mass is 16.3. The highest BCUT2D eigenvalue weighted by Gasteiger charge is 2.20. The molecule has 0 saturated heterocycles. The van der Waals surface area contributed by atoms with E-state index in [1.807, 2.05) is 28.8 Å². The highest BCUT2D eigenvalue weighted by Crippen LogP contribution is 2.26. The van der Waals surface area contributed by atoms with Crippen LogP contribution in [0.15, 0.2) is 30.5 Å². The fourth-order valence-corrected chi connectivity index (χ4v) is 2.49. The summed E-state index contributed by atoms with van der Waals surface area (Å²) in [5, 5.41) is 20.6. The van der Waals surface area contributed by atoms with Gasteiger partial charge in [0.1, 0.15) is 17.9 Å². The molecule has 5 nitrogen and oxygen atoms in total. The lowest BCUT2D eigenvalue weighted by Crippen LogP contribution is -2.27. The van der Waals surface area contributed by atoms with Gasteiger partial charge in [0, 0.05) is 5.39 Å². The van der Waals surface area contributed by atoms with Gasteiger partial charge in [-0.1, -0.05) is 18.2 Å². The molecule has 2 aromatic heterocycles. The third-order valence-electron chi connectivity index (χ3n) is 3.25. The molecular weight excluding hydrogens is 254 g/mol. The second kappa shape index (κ2) is 4.54. The summed E-state index contributed by atoms with van der Waals surface area (Å²) in [6, 6.07) is 7.80. The lowest BCUT2D eigenvalue weighted by molar-refractivity contribution is 0.0607. The molecule has 0 unspecified atom stereocenters. The Morgan fingerprint density at radius 1 is 1.20 bits per heavy atom. The van der Waals surface area contributed by atoms with Crippen molar-refractivity contribution in [2.24, 2.45) is 0 Å². The van der Waals surface area contributed by atoms with Crippen molar-refractivity contribution in [2.45, 2.75) is 32.6 Å². The van der Waals surface area contributed by atoms with Gasteiger partial charge in [0.2, 0.25) is 0 Å². The van der Waals surface area contributed by atoms with Gasteiger partial charge in [0.05, 0.1) is 29.4 Å². The standard InChI is InChI=1S/C15H17N3O2/c1-15(2,20)9-18-13(8-19)17-12-7-16-11-6-4-3-5-10(11)14(12)18/h3-7,19-20H,8-9H2,1-2H3. The van der Waals surface area contributed by atoms with Crippen LogP contribution in [0, 0.1) is 0 Å². The first-order chi connectivity index (χ1) is 9.49. The third kappa shape index (κ3) is 2.15. The number of aliphatic hydroxyl groups excluding tert-OH is 1. The van der Waals surface area contributed by atoms with Crippen LogP contribution in [0.3, 0.4) is 0 Å². The Morgan fingerprint density at radius 2 is 1.95 bits per heavy atom. The van der Waals surface area contributed by atoms with Crippen LogP contribution in [0.25, 0.3) is 21.9 Å². The van der Waals surface area contributed by atoms with Gasteiger partial charge >= 0.3 is 0 Å². The molecule has 1 aromatic carbocycles. The van der Waals surface area contributed by atoms with Gasteiger partial charge in [-0.2, -0.15) is 0 Å². The third-order valence-corrected chi connectivity index (χ3v) is 3.25. The van der Waals surface area contributed by atoms with Gasteiger partial charge in [-0.15, -0.1) is 0 Å². The number of rotatable bonds is 3. The molecule has 20 heavy (non-hydrogen) atoms. The van der Waals surface area contributed by atoms with E-state index in [0.29, 0.717) is 12.4 Å². The minimum Gasteiger partial charge on any atom is -0.389 e. The van der Waals surface area contributed by atoms with Crippen molar-refractivity contribution >= 4 is 21.9 Å². The molecule has 0 radical (unpaired) electrons. The molecule has 3 rings (SSSR count). The normalized spacial score (nSPS) is 12.4. The largest absolute Gasteiger partial charge is 0.389 e. The first kappa shape index (κ1) is 13.0. The lowest BCUT2D eigenvalue weighted by atomic mass is 10.1. The molecule has 0 aliphatic heterocycles. The molecule has 0 fully saturated rings. The number of para-hydroxylation sites is 1. The fraction of sp³-hybridized carbons (Fsp3) is 0.333. The topological polar surface area (TPSA) is 71.2 Å². The zero-order valence-corrected chi connectivity index (χ0v) is 11.5. The average molecular weight is 271 g/mol. The van der Waals surface area contributed by atoms with Crippen LogP contribution < -0.4 is 0 Å². The van der Waals surface area contributed by atoms with E-state index in [0.717, 1.165) is 21.9 Å². The molecule has 0 aliphatic carbocycles. The molecule has 0 aliphatic rings. The first-order valence-electron chi connectivity index (χ1n) is 6.56. The molecule has 0 atom stereocenters. The minimum absolute atomic E-state index is 0.168. The van der Waals surface area contributed by atoms with Crippen LogP contribution in [0.2, 0.25) is 0 Å². The van der Waals surface area contributed by atoms with Crippen LogP contribution >= 0.6 is 0 Å². The Morgan fingerprint density at radius 3 is 2.65 bits per heavy atom. The number of aromatic nitrogens is 3. The Labute approximate surface area is 116 Å². The maximum absolute atomic E-state index is 10.1. The monoisotopic (exact) mass is 271 g/mol. The molecule has 2 heterocycles. The van der Waals surface area contributed by atoms with Crippen molar-refractivity contribution < 1.29 is 10.2 Å². The van der Waals surface area contributed by atoms with Crippen LogP contribution in [-0.4, -0.2) is 30.3 Å². The van der Waals surface area contributed by atoms with Crippen molar-refractivity contribution in [1.29, 1.82) is 0 Å². The van der Waals surface area contributed by atoms with Gasteiger partial charge in [0.15, 0.2) is 0 Å². The summed E-state index contributed by atoms with van der Waals surface area (Å²) in [7, 11) is 0. The molecule has 5 heteroatoms.